The van der Waals surface area contributed by atoms with E-state index < -0.39 is 29.9 Å². The van der Waals surface area contributed by atoms with Crippen LogP contribution in [0.25, 0.3) is 0 Å². The van der Waals surface area contributed by atoms with Crippen molar-refractivity contribution in [2.75, 3.05) is 12.4 Å². The Morgan fingerprint density at radius 1 is 1.21 bits per heavy atom. The standard InChI is InChI=1S/C15H15F2NO6/c1-15(2)23-12(19)9(13(20)24-15)7-18-10-6-8(21-3)4-5-11(10)22-14(16)17/h4-7,14,18H,1-3H3. The fourth-order valence-electron chi connectivity index (χ4n) is 1.88. The van der Waals surface area contributed by atoms with Gasteiger partial charge in [-0.1, -0.05) is 0 Å². The maximum absolute atomic E-state index is 12.4. The van der Waals surface area contributed by atoms with Gasteiger partial charge in [0, 0.05) is 26.1 Å². The lowest BCUT2D eigenvalue weighted by molar-refractivity contribution is -0.222. The molecule has 0 bridgehead atoms. The van der Waals surface area contributed by atoms with Crippen LogP contribution in [0.3, 0.4) is 0 Å². The molecule has 0 amide bonds. The number of cyclic esters (lactones) is 2. The minimum absolute atomic E-state index is 0.0626. The molecule has 0 spiro atoms. The highest BCUT2D eigenvalue weighted by Crippen LogP contribution is 2.31. The highest BCUT2D eigenvalue weighted by Gasteiger charge is 2.39. The van der Waals surface area contributed by atoms with Crippen molar-refractivity contribution in [1.29, 1.82) is 0 Å². The summed E-state index contributed by atoms with van der Waals surface area (Å²) in [5.74, 6) is -3.01. The topological polar surface area (TPSA) is 83.1 Å². The lowest BCUT2D eigenvalue weighted by Crippen LogP contribution is -2.42. The van der Waals surface area contributed by atoms with Crippen LogP contribution in [-0.2, 0) is 19.1 Å². The lowest BCUT2D eigenvalue weighted by atomic mass is 10.2. The third-order valence-corrected chi connectivity index (χ3v) is 2.89. The second-order valence-electron chi connectivity index (χ2n) is 5.12. The fourth-order valence-corrected chi connectivity index (χ4v) is 1.88. The molecule has 1 N–H and O–H groups in total. The van der Waals surface area contributed by atoms with E-state index in [0.717, 1.165) is 6.20 Å². The van der Waals surface area contributed by atoms with E-state index in [0.29, 0.717) is 5.75 Å². The van der Waals surface area contributed by atoms with Gasteiger partial charge in [0.25, 0.3) is 5.79 Å². The molecule has 0 radical (unpaired) electrons. The Morgan fingerprint density at radius 2 is 1.83 bits per heavy atom. The first-order valence-electron chi connectivity index (χ1n) is 6.78. The molecule has 1 fully saturated rings. The van der Waals surface area contributed by atoms with Crippen molar-refractivity contribution in [2.45, 2.75) is 26.2 Å². The van der Waals surface area contributed by atoms with E-state index >= 15 is 0 Å². The second kappa shape index (κ2) is 6.73. The minimum atomic E-state index is -3.04. The van der Waals surface area contributed by atoms with Crippen LogP contribution >= 0.6 is 0 Å². The van der Waals surface area contributed by atoms with Gasteiger partial charge in [0.05, 0.1) is 12.8 Å². The van der Waals surface area contributed by atoms with E-state index in [1.807, 2.05) is 0 Å². The molecule has 2 rings (SSSR count). The predicted molar refractivity (Wildman–Crippen MR) is 77.6 cm³/mol. The van der Waals surface area contributed by atoms with Gasteiger partial charge in [-0.2, -0.15) is 8.78 Å². The molecular weight excluding hydrogens is 328 g/mol. The number of nitrogens with one attached hydrogen (secondary N) is 1. The molecular formula is C15H15F2NO6. The van der Waals surface area contributed by atoms with Gasteiger partial charge in [-0.3, -0.25) is 0 Å². The SMILES string of the molecule is COc1ccc(OC(F)F)c(NC=C2C(=O)OC(C)(C)OC2=O)c1. The van der Waals surface area contributed by atoms with Gasteiger partial charge in [0.2, 0.25) is 0 Å². The maximum atomic E-state index is 12.4. The molecule has 24 heavy (non-hydrogen) atoms. The first kappa shape index (κ1) is 17.5. The Labute approximate surface area is 136 Å². The molecule has 1 aliphatic rings. The number of hydrogen-bond donors (Lipinski definition) is 1. The third kappa shape index (κ3) is 4.12. The quantitative estimate of drug-likeness (QED) is 0.499. The molecule has 1 heterocycles. The fraction of sp³-hybridized carbons (Fsp3) is 0.333. The number of alkyl halides is 2. The van der Waals surface area contributed by atoms with E-state index in [-0.39, 0.29) is 11.4 Å². The largest absolute Gasteiger partial charge is 0.497 e. The van der Waals surface area contributed by atoms with Gasteiger partial charge < -0.3 is 24.3 Å². The summed E-state index contributed by atoms with van der Waals surface area (Å²) in [6.07, 6.45) is 0.993. The number of ether oxygens (including phenoxy) is 4. The van der Waals surface area contributed by atoms with Crippen molar-refractivity contribution in [3.8, 4) is 11.5 Å². The molecule has 1 saturated heterocycles. The average Bonchev–Trinajstić information content (AvgIpc) is 2.46. The smallest absolute Gasteiger partial charge is 0.387 e. The lowest BCUT2D eigenvalue weighted by Gasteiger charge is -2.29. The van der Waals surface area contributed by atoms with Gasteiger partial charge in [-0.05, 0) is 12.1 Å². The molecule has 0 aromatic heterocycles. The van der Waals surface area contributed by atoms with Crippen LogP contribution in [0.15, 0.2) is 30.0 Å². The van der Waals surface area contributed by atoms with Crippen molar-refractivity contribution in [2.24, 2.45) is 0 Å². The van der Waals surface area contributed by atoms with Crippen LogP contribution in [0.1, 0.15) is 13.8 Å². The number of anilines is 1. The molecule has 9 heteroatoms. The van der Waals surface area contributed by atoms with Gasteiger partial charge in [0.1, 0.15) is 11.5 Å². The van der Waals surface area contributed by atoms with E-state index in [1.165, 1.54) is 39.2 Å². The summed E-state index contributed by atoms with van der Waals surface area (Å²) in [5.41, 5.74) is -0.354. The highest BCUT2D eigenvalue weighted by atomic mass is 19.3. The molecule has 0 atom stereocenters. The molecule has 1 aromatic rings. The summed E-state index contributed by atoms with van der Waals surface area (Å²) in [6.45, 7) is -0.232. The van der Waals surface area contributed by atoms with Crippen LogP contribution in [-0.4, -0.2) is 31.4 Å². The van der Waals surface area contributed by atoms with E-state index in [2.05, 4.69) is 10.1 Å². The van der Waals surface area contributed by atoms with Gasteiger partial charge in [0.15, 0.2) is 5.57 Å². The summed E-state index contributed by atoms with van der Waals surface area (Å²) >= 11 is 0. The summed E-state index contributed by atoms with van der Waals surface area (Å²) in [7, 11) is 1.39. The molecule has 7 nitrogen and oxygen atoms in total. The van der Waals surface area contributed by atoms with Crippen LogP contribution in [0, 0.1) is 0 Å². The Morgan fingerprint density at radius 3 is 2.38 bits per heavy atom. The Bertz CT molecular complexity index is 665. The number of rotatable bonds is 5. The molecule has 0 saturated carbocycles. The Hall–Kier alpha value is -2.84. The first-order valence-corrected chi connectivity index (χ1v) is 6.78. The van der Waals surface area contributed by atoms with Gasteiger partial charge in [-0.15, -0.1) is 0 Å². The number of hydrogen-bond acceptors (Lipinski definition) is 7. The molecule has 0 aliphatic carbocycles. The molecule has 1 aromatic carbocycles. The summed E-state index contributed by atoms with van der Waals surface area (Å²) in [5, 5.41) is 2.55. The number of benzene rings is 1. The summed E-state index contributed by atoms with van der Waals surface area (Å²) in [6, 6.07) is 4.03. The summed E-state index contributed by atoms with van der Waals surface area (Å²) in [4.78, 5) is 23.6. The number of esters is 2. The monoisotopic (exact) mass is 343 g/mol. The molecule has 0 unspecified atom stereocenters. The Balaban J connectivity index is 2.26. The summed E-state index contributed by atoms with van der Waals surface area (Å²) < 4.78 is 44.1. The number of carbonyl (C=O) groups is 2. The maximum Gasteiger partial charge on any atom is 0.387 e. The Kier molecular flexibility index (Phi) is 4.91. The zero-order valence-electron chi connectivity index (χ0n) is 13.1. The van der Waals surface area contributed by atoms with Crippen LogP contribution in [0.2, 0.25) is 0 Å². The minimum Gasteiger partial charge on any atom is -0.497 e. The van der Waals surface area contributed by atoms with E-state index in [4.69, 9.17) is 14.2 Å². The second-order valence-corrected chi connectivity index (χ2v) is 5.12. The normalized spacial score (nSPS) is 16.3. The third-order valence-electron chi connectivity index (χ3n) is 2.89. The van der Waals surface area contributed by atoms with Crippen molar-refractivity contribution in [3.05, 3.63) is 30.0 Å². The van der Waals surface area contributed by atoms with Crippen molar-refractivity contribution >= 4 is 17.6 Å². The van der Waals surface area contributed by atoms with Crippen molar-refractivity contribution in [1.82, 2.24) is 0 Å². The first-order chi connectivity index (χ1) is 11.2. The van der Waals surface area contributed by atoms with Gasteiger partial charge >= 0.3 is 18.6 Å². The highest BCUT2D eigenvalue weighted by molar-refractivity contribution is 6.15. The molecule has 1 aliphatic heterocycles. The van der Waals surface area contributed by atoms with E-state index in [9.17, 15) is 18.4 Å². The number of carbonyl (C=O) groups excluding carboxylic acids is 2. The van der Waals surface area contributed by atoms with Crippen molar-refractivity contribution in [3.63, 3.8) is 0 Å². The average molecular weight is 343 g/mol. The van der Waals surface area contributed by atoms with Crippen molar-refractivity contribution < 1.29 is 37.3 Å². The van der Waals surface area contributed by atoms with Crippen LogP contribution in [0.4, 0.5) is 14.5 Å². The number of methoxy groups -OCH3 is 1. The van der Waals surface area contributed by atoms with Crippen LogP contribution < -0.4 is 14.8 Å². The predicted octanol–water partition coefficient (Wildman–Crippen LogP) is 2.43. The zero-order chi connectivity index (χ0) is 17.9. The van der Waals surface area contributed by atoms with E-state index in [1.54, 1.807) is 0 Å². The van der Waals surface area contributed by atoms with Crippen LogP contribution in [0.5, 0.6) is 11.5 Å². The zero-order valence-corrected chi connectivity index (χ0v) is 13.1. The van der Waals surface area contributed by atoms with Gasteiger partial charge in [-0.25, -0.2) is 9.59 Å². The number of halogens is 2. The molecule has 130 valence electrons.